The molecule has 1 aromatic heterocycles. The summed E-state index contributed by atoms with van der Waals surface area (Å²) in [5, 5.41) is 0.918. The molecule has 8 heteroatoms. The second-order valence-corrected chi connectivity index (χ2v) is 7.01. The van der Waals surface area contributed by atoms with Crippen molar-refractivity contribution in [3.8, 4) is 5.75 Å². The van der Waals surface area contributed by atoms with Gasteiger partial charge in [0.2, 0.25) is 0 Å². The number of halogens is 2. The third kappa shape index (κ3) is 4.31. The Labute approximate surface area is 162 Å². The number of nitrogens with zero attached hydrogens (tertiary/aromatic N) is 3. The maximum Gasteiger partial charge on any atom is 0.273 e. The van der Waals surface area contributed by atoms with E-state index in [1.807, 2.05) is 11.5 Å². The van der Waals surface area contributed by atoms with E-state index in [0.29, 0.717) is 41.2 Å². The lowest BCUT2D eigenvalue weighted by Crippen LogP contribution is -2.37. The van der Waals surface area contributed by atoms with Crippen molar-refractivity contribution in [3.05, 3.63) is 46.0 Å². The molecule has 6 nitrogen and oxygen atoms in total. The molecule has 26 heavy (non-hydrogen) atoms. The highest BCUT2D eigenvalue weighted by Gasteiger charge is 2.22. The molecule has 3 rings (SSSR count). The Morgan fingerprint density at radius 2 is 2.23 bits per heavy atom. The lowest BCUT2D eigenvalue weighted by Gasteiger charge is -2.24. The number of amides is 1. The molecule has 1 atom stereocenters. The van der Waals surface area contributed by atoms with Crippen LogP contribution in [0.3, 0.4) is 0 Å². The highest BCUT2D eigenvalue weighted by Crippen LogP contribution is 2.27. The minimum absolute atomic E-state index is 0.136. The van der Waals surface area contributed by atoms with Gasteiger partial charge in [-0.05, 0) is 18.6 Å². The number of hydrogen-bond acceptors (Lipinski definition) is 4. The van der Waals surface area contributed by atoms with Crippen molar-refractivity contribution < 1.29 is 14.3 Å². The molecule has 0 saturated heterocycles. The lowest BCUT2D eigenvalue weighted by atomic mass is 10.2. The van der Waals surface area contributed by atoms with Crippen LogP contribution in [0.2, 0.25) is 10.0 Å². The molecule has 0 saturated carbocycles. The van der Waals surface area contributed by atoms with E-state index in [0.717, 1.165) is 18.8 Å². The maximum atomic E-state index is 12.7. The van der Waals surface area contributed by atoms with E-state index >= 15 is 0 Å². The van der Waals surface area contributed by atoms with Gasteiger partial charge in [-0.2, -0.15) is 0 Å². The summed E-state index contributed by atoms with van der Waals surface area (Å²) in [5.74, 6) is 1.27. The van der Waals surface area contributed by atoms with Crippen molar-refractivity contribution in [1.82, 2.24) is 14.5 Å². The second-order valence-electron chi connectivity index (χ2n) is 6.20. The fourth-order valence-electron chi connectivity index (χ4n) is 2.77. The summed E-state index contributed by atoms with van der Waals surface area (Å²) in [6.07, 6.45) is 2.37. The Bertz CT molecular complexity index is 770. The highest BCUT2D eigenvalue weighted by molar-refractivity contribution is 6.42. The fourth-order valence-corrected chi connectivity index (χ4v) is 3.06. The van der Waals surface area contributed by atoms with Gasteiger partial charge in [0.05, 0.1) is 23.2 Å². The van der Waals surface area contributed by atoms with Crippen LogP contribution in [0.1, 0.15) is 29.7 Å². The first kappa shape index (κ1) is 19.0. The molecular formula is C18H21Cl2N3O3. The van der Waals surface area contributed by atoms with Crippen molar-refractivity contribution in [3.63, 3.8) is 0 Å². The monoisotopic (exact) mass is 397 g/mol. The van der Waals surface area contributed by atoms with Crippen LogP contribution < -0.4 is 4.74 Å². The van der Waals surface area contributed by atoms with Crippen LogP contribution in [0.5, 0.6) is 5.75 Å². The van der Waals surface area contributed by atoms with Crippen molar-refractivity contribution in [2.75, 3.05) is 20.2 Å². The molecule has 1 aliphatic heterocycles. The standard InChI is InChI=1S/C18H21Cl2N3O3/c1-3-12(26-13-4-5-14(19)15(20)8-13)9-22(2)18(24)16-10-23-6-7-25-11-17(23)21-16/h4-5,8,10,12H,3,6-7,9,11H2,1-2H3. The van der Waals surface area contributed by atoms with Gasteiger partial charge in [0.1, 0.15) is 30.0 Å². The number of benzene rings is 1. The predicted molar refractivity (Wildman–Crippen MR) is 100 cm³/mol. The van der Waals surface area contributed by atoms with E-state index < -0.39 is 0 Å². The number of fused-ring (bicyclic) bond motifs is 1. The maximum absolute atomic E-state index is 12.7. The van der Waals surface area contributed by atoms with Gasteiger partial charge in [-0.15, -0.1) is 0 Å². The van der Waals surface area contributed by atoms with Crippen molar-refractivity contribution in [2.45, 2.75) is 32.6 Å². The van der Waals surface area contributed by atoms with Gasteiger partial charge in [-0.3, -0.25) is 4.79 Å². The zero-order valence-corrected chi connectivity index (χ0v) is 16.3. The van der Waals surface area contributed by atoms with Gasteiger partial charge in [0.25, 0.3) is 5.91 Å². The smallest absolute Gasteiger partial charge is 0.273 e. The van der Waals surface area contributed by atoms with Crippen molar-refractivity contribution in [2.24, 2.45) is 0 Å². The molecule has 0 aliphatic carbocycles. The normalized spacial score (nSPS) is 14.6. The predicted octanol–water partition coefficient (Wildman–Crippen LogP) is 3.65. The molecule has 0 N–H and O–H groups in total. The number of carbonyl (C=O) groups excluding carboxylic acids is 1. The molecule has 2 heterocycles. The lowest BCUT2D eigenvalue weighted by molar-refractivity contribution is 0.0702. The highest BCUT2D eigenvalue weighted by atomic mass is 35.5. The first-order chi connectivity index (χ1) is 12.5. The van der Waals surface area contributed by atoms with E-state index in [-0.39, 0.29) is 12.0 Å². The number of carbonyl (C=O) groups is 1. The van der Waals surface area contributed by atoms with E-state index in [2.05, 4.69) is 4.98 Å². The summed E-state index contributed by atoms with van der Waals surface area (Å²) in [6, 6.07) is 5.14. The zero-order valence-electron chi connectivity index (χ0n) is 14.7. The molecule has 0 radical (unpaired) electrons. The van der Waals surface area contributed by atoms with E-state index in [4.69, 9.17) is 32.7 Å². The number of ether oxygens (including phenoxy) is 2. The van der Waals surface area contributed by atoms with Crippen LogP contribution in [0.4, 0.5) is 0 Å². The van der Waals surface area contributed by atoms with Crippen LogP contribution in [-0.2, 0) is 17.9 Å². The molecule has 140 valence electrons. The number of rotatable bonds is 6. The average Bonchev–Trinajstić information content (AvgIpc) is 3.07. The van der Waals surface area contributed by atoms with E-state index in [1.165, 1.54) is 0 Å². The van der Waals surface area contributed by atoms with Crippen LogP contribution in [0.15, 0.2) is 24.4 Å². The van der Waals surface area contributed by atoms with Gasteiger partial charge in [-0.1, -0.05) is 30.1 Å². The molecule has 0 spiro atoms. The summed E-state index contributed by atoms with van der Waals surface area (Å²) >= 11 is 12.0. The van der Waals surface area contributed by atoms with Crippen molar-refractivity contribution in [1.29, 1.82) is 0 Å². The number of likely N-dealkylation sites (N-methyl/N-ethyl adjacent to an activating group) is 1. The molecule has 1 aromatic carbocycles. The number of hydrogen-bond donors (Lipinski definition) is 0. The summed E-state index contributed by atoms with van der Waals surface area (Å²) in [4.78, 5) is 18.7. The Hall–Kier alpha value is -1.76. The number of imidazole rings is 1. The summed E-state index contributed by atoms with van der Waals surface area (Å²) in [7, 11) is 1.75. The average molecular weight is 398 g/mol. The van der Waals surface area contributed by atoms with Crippen molar-refractivity contribution >= 4 is 29.1 Å². The Morgan fingerprint density at radius 3 is 2.92 bits per heavy atom. The van der Waals surface area contributed by atoms with Crippen LogP contribution in [-0.4, -0.2) is 46.7 Å². The minimum atomic E-state index is -0.165. The topological polar surface area (TPSA) is 56.6 Å². The molecular weight excluding hydrogens is 377 g/mol. The summed E-state index contributed by atoms with van der Waals surface area (Å²) in [5.41, 5.74) is 0.428. The molecule has 0 bridgehead atoms. The van der Waals surface area contributed by atoms with Crippen LogP contribution in [0, 0.1) is 0 Å². The summed E-state index contributed by atoms with van der Waals surface area (Å²) in [6.45, 7) is 4.25. The third-order valence-corrected chi connectivity index (χ3v) is 5.00. The van der Waals surface area contributed by atoms with Gasteiger partial charge < -0.3 is 18.9 Å². The van der Waals surface area contributed by atoms with E-state index in [9.17, 15) is 4.79 Å². The molecule has 2 aromatic rings. The first-order valence-corrected chi connectivity index (χ1v) is 9.24. The molecule has 1 unspecified atom stereocenters. The van der Waals surface area contributed by atoms with Gasteiger partial charge >= 0.3 is 0 Å². The Morgan fingerprint density at radius 1 is 1.42 bits per heavy atom. The van der Waals surface area contributed by atoms with Gasteiger partial charge in [-0.25, -0.2) is 4.98 Å². The zero-order chi connectivity index (χ0) is 18.7. The minimum Gasteiger partial charge on any atom is -0.489 e. The first-order valence-electron chi connectivity index (χ1n) is 8.49. The van der Waals surface area contributed by atoms with Crippen LogP contribution in [0.25, 0.3) is 0 Å². The fraction of sp³-hybridized carbons (Fsp3) is 0.444. The largest absolute Gasteiger partial charge is 0.489 e. The molecule has 0 fully saturated rings. The number of aromatic nitrogens is 2. The van der Waals surface area contributed by atoms with Gasteiger partial charge in [0, 0.05) is 25.9 Å². The van der Waals surface area contributed by atoms with E-state index in [1.54, 1.807) is 36.3 Å². The second kappa shape index (κ2) is 8.29. The SMILES string of the molecule is CCC(CN(C)C(=O)c1cn2c(n1)COCC2)Oc1ccc(Cl)c(Cl)c1. The molecule has 1 aliphatic rings. The van der Waals surface area contributed by atoms with Crippen LogP contribution >= 0.6 is 23.2 Å². The Balaban J connectivity index is 1.64. The quantitative estimate of drug-likeness (QED) is 0.746. The third-order valence-electron chi connectivity index (χ3n) is 4.26. The molecule has 1 amide bonds. The van der Waals surface area contributed by atoms with Gasteiger partial charge in [0.15, 0.2) is 0 Å². The summed E-state index contributed by atoms with van der Waals surface area (Å²) < 4.78 is 13.3. The Kier molecular flexibility index (Phi) is 6.06.